The normalized spacial score (nSPS) is 16.2. The van der Waals surface area contributed by atoms with E-state index in [0.29, 0.717) is 11.1 Å². The Balaban J connectivity index is 0.00000289. The number of methoxy groups -OCH3 is 1. The minimum Gasteiger partial charge on any atom is -0.495 e. The number of aromatic nitrogens is 2. The van der Waals surface area contributed by atoms with Gasteiger partial charge in [-0.05, 0) is 43.2 Å². The van der Waals surface area contributed by atoms with E-state index in [4.69, 9.17) is 16.3 Å². The second-order valence-electron chi connectivity index (χ2n) is 7.70. The number of aliphatic imine (C=N–C) groups is 1. The molecule has 2 aromatic carbocycles. The zero-order valence-corrected chi connectivity index (χ0v) is 21.5. The Kier molecular flexibility index (Phi) is 8.86. The summed E-state index contributed by atoms with van der Waals surface area (Å²) in [6.45, 7) is 2.64. The van der Waals surface area contributed by atoms with Gasteiger partial charge in [-0.25, -0.2) is 4.98 Å². The van der Waals surface area contributed by atoms with E-state index in [0.717, 1.165) is 73.2 Å². The largest absolute Gasteiger partial charge is 0.495 e. The number of aromatic amines is 1. The van der Waals surface area contributed by atoms with E-state index in [2.05, 4.69) is 36.6 Å². The third-order valence-corrected chi connectivity index (χ3v) is 5.79. The minimum absolute atomic E-state index is 0. The highest BCUT2D eigenvalue weighted by molar-refractivity contribution is 14.0. The molecule has 3 N–H and O–H groups in total. The molecule has 0 amide bonds. The van der Waals surface area contributed by atoms with Crippen molar-refractivity contribution in [3.05, 3.63) is 53.3 Å². The Bertz CT molecular complexity index is 1020. The van der Waals surface area contributed by atoms with Crippen LogP contribution in [0.25, 0.3) is 11.0 Å². The summed E-state index contributed by atoms with van der Waals surface area (Å²) in [7, 11) is 3.50. The highest BCUT2D eigenvalue weighted by Crippen LogP contribution is 2.33. The summed E-state index contributed by atoms with van der Waals surface area (Å²) in [6, 6.07) is 14.2. The first-order valence-corrected chi connectivity index (χ1v) is 11.0. The van der Waals surface area contributed by atoms with Crippen molar-refractivity contribution in [1.29, 1.82) is 0 Å². The second kappa shape index (κ2) is 11.6. The Labute approximate surface area is 211 Å². The van der Waals surface area contributed by atoms with Gasteiger partial charge in [-0.1, -0.05) is 23.7 Å². The number of nitrogens with zero attached hydrogens (tertiary/aromatic N) is 3. The number of rotatable bonds is 7. The Morgan fingerprint density at radius 3 is 2.94 bits per heavy atom. The molecule has 9 heteroatoms. The average molecular weight is 569 g/mol. The lowest BCUT2D eigenvalue weighted by atomic mass is 10.2. The van der Waals surface area contributed by atoms with Crippen LogP contribution in [0.3, 0.4) is 0 Å². The van der Waals surface area contributed by atoms with Gasteiger partial charge in [-0.15, -0.1) is 24.0 Å². The van der Waals surface area contributed by atoms with Crippen LogP contribution in [-0.4, -0.2) is 55.8 Å². The van der Waals surface area contributed by atoms with Crippen LogP contribution < -0.4 is 20.3 Å². The summed E-state index contributed by atoms with van der Waals surface area (Å²) in [5, 5.41) is 7.67. The van der Waals surface area contributed by atoms with E-state index >= 15 is 0 Å². The summed E-state index contributed by atoms with van der Waals surface area (Å²) in [6.07, 6.45) is 2.89. The van der Waals surface area contributed by atoms with Crippen molar-refractivity contribution in [3.63, 3.8) is 0 Å². The van der Waals surface area contributed by atoms with Crippen molar-refractivity contribution in [2.75, 3.05) is 38.7 Å². The van der Waals surface area contributed by atoms with Crippen molar-refractivity contribution < 1.29 is 4.74 Å². The van der Waals surface area contributed by atoms with E-state index in [9.17, 15) is 0 Å². The number of aryl methyl sites for hydroxylation is 1. The Morgan fingerprint density at radius 2 is 2.16 bits per heavy atom. The molecule has 172 valence electrons. The number of fused-ring (bicyclic) bond motifs is 1. The smallest absolute Gasteiger partial charge is 0.191 e. The first-order chi connectivity index (χ1) is 15.2. The fourth-order valence-corrected chi connectivity index (χ4v) is 4.15. The zero-order chi connectivity index (χ0) is 21.6. The third-order valence-electron chi connectivity index (χ3n) is 5.56. The number of guanidine groups is 1. The lowest BCUT2D eigenvalue weighted by Crippen LogP contribution is -2.45. The zero-order valence-electron chi connectivity index (χ0n) is 18.4. The number of H-pyrrole nitrogens is 1. The molecule has 1 unspecified atom stereocenters. The molecule has 0 saturated carbocycles. The molecule has 1 atom stereocenters. The van der Waals surface area contributed by atoms with Crippen LogP contribution in [0.2, 0.25) is 5.02 Å². The summed E-state index contributed by atoms with van der Waals surface area (Å²) in [4.78, 5) is 14.7. The standard InChI is InChI=1S/C23H29ClN6O.HI/c1-25-23(26-12-5-8-22-28-18-6-3-4-7-19(18)29-22)27-17-11-13-30(15-17)20-14-16(24)9-10-21(20)31-2;/h3-4,6-7,9-10,14,17H,5,8,11-13,15H2,1-2H3,(H,28,29)(H2,25,26,27);1H. The molecule has 0 spiro atoms. The molecule has 1 saturated heterocycles. The predicted molar refractivity (Wildman–Crippen MR) is 143 cm³/mol. The van der Waals surface area contributed by atoms with Gasteiger partial charge in [0.05, 0.1) is 23.8 Å². The molecule has 3 aromatic rings. The number of para-hydroxylation sites is 2. The van der Waals surface area contributed by atoms with E-state index in [1.807, 2.05) is 36.4 Å². The number of benzene rings is 2. The molecule has 4 rings (SSSR count). The maximum Gasteiger partial charge on any atom is 0.191 e. The Hall–Kier alpha value is -2.20. The second-order valence-corrected chi connectivity index (χ2v) is 8.13. The van der Waals surface area contributed by atoms with Crippen LogP contribution in [-0.2, 0) is 6.42 Å². The molecular weight excluding hydrogens is 539 g/mol. The highest BCUT2D eigenvalue weighted by atomic mass is 127. The van der Waals surface area contributed by atoms with Gasteiger partial charge in [0.25, 0.3) is 0 Å². The molecule has 1 aliphatic heterocycles. The molecule has 0 aliphatic carbocycles. The van der Waals surface area contributed by atoms with Crippen LogP contribution in [0, 0.1) is 0 Å². The first-order valence-electron chi connectivity index (χ1n) is 10.7. The number of nitrogens with one attached hydrogen (secondary N) is 3. The van der Waals surface area contributed by atoms with Gasteiger partial charge in [0.15, 0.2) is 5.96 Å². The van der Waals surface area contributed by atoms with Gasteiger partial charge in [0.2, 0.25) is 0 Å². The summed E-state index contributed by atoms with van der Waals surface area (Å²) >= 11 is 6.20. The minimum atomic E-state index is 0. The molecule has 7 nitrogen and oxygen atoms in total. The van der Waals surface area contributed by atoms with Gasteiger partial charge in [0, 0.05) is 44.2 Å². The molecule has 0 radical (unpaired) electrons. The molecule has 1 aliphatic rings. The van der Waals surface area contributed by atoms with Gasteiger partial charge in [0.1, 0.15) is 11.6 Å². The van der Waals surface area contributed by atoms with Gasteiger partial charge in [-0.2, -0.15) is 0 Å². The van der Waals surface area contributed by atoms with E-state index < -0.39 is 0 Å². The highest BCUT2D eigenvalue weighted by Gasteiger charge is 2.25. The topological polar surface area (TPSA) is 77.6 Å². The quantitative estimate of drug-likeness (QED) is 0.172. The lowest BCUT2D eigenvalue weighted by Gasteiger charge is -2.22. The van der Waals surface area contributed by atoms with Crippen LogP contribution in [0.15, 0.2) is 47.5 Å². The number of hydrogen-bond donors (Lipinski definition) is 3. The Morgan fingerprint density at radius 1 is 1.31 bits per heavy atom. The van der Waals surface area contributed by atoms with Crippen molar-refractivity contribution in [1.82, 2.24) is 20.6 Å². The molecule has 32 heavy (non-hydrogen) atoms. The maximum absolute atomic E-state index is 6.20. The number of anilines is 1. The van der Waals surface area contributed by atoms with Crippen molar-refractivity contribution in [3.8, 4) is 5.75 Å². The SMILES string of the molecule is CN=C(NCCCc1nc2ccccc2[nH]1)NC1CCN(c2cc(Cl)ccc2OC)C1.I. The van der Waals surface area contributed by atoms with Crippen LogP contribution in [0.5, 0.6) is 5.75 Å². The average Bonchev–Trinajstić information content (AvgIpc) is 3.42. The van der Waals surface area contributed by atoms with Crippen LogP contribution in [0.4, 0.5) is 5.69 Å². The number of hydrogen-bond acceptors (Lipinski definition) is 4. The van der Waals surface area contributed by atoms with Crippen molar-refractivity contribution in [2.24, 2.45) is 4.99 Å². The number of imidazole rings is 1. The van der Waals surface area contributed by atoms with E-state index in [-0.39, 0.29) is 24.0 Å². The summed E-state index contributed by atoms with van der Waals surface area (Å²) in [5.74, 6) is 2.69. The van der Waals surface area contributed by atoms with Crippen LogP contribution in [0.1, 0.15) is 18.7 Å². The molecule has 1 aromatic heterocycles. The van der Waals surface area contributed by atoms with Gasteiger partial charge < -0.3 is 25.3 Å². The molecule has 0 bridgehead atoms. The van der Waals surface area contributed by atoms with E-state index in [1.54, 1.807) is 14.2 Å². The summed E-state index contributed by atoms with van der Waals surface area (Å²) < 4.78 is 5.51. The third kappa shape index (κ3) is 5.98. The fraction of sp³-hybridized carbons (Fsp3) is 0.391. The molecule has 2 heterocycles. The van der Waals surface area contributed by atoms with Crippen molar-refractivity contribution >= 4 is 58.3 Å². The summed E-state index contributed by atoms with van der Waals surface area (Å²) in [5.41, 5.74) is 3.14. The number of halogens is 2. The predicted octanol–water partition coefficient (Wildman–Crippen LogP) is 4.22. The lowest BCUT2D eigenvalue weighted by molar-refractivity contribution is 0.415. The van der Waals surface area contributed by atoms with Gasteiger partial charge in [-0.3, -0.25) is 4.99 Å². The first kappa shape index (κ1) is 24.4. The van der Waals surface area contributed by atoms with E-state index in [1.165, 1.54) is 0 Å². The van der Waals surface area contributed by atoms with Crippen molar-refractivity contribution in [2.45, 2.75) is 25.3 Å². The molecular formula is C23H30ClIN6O. The monoisotopic (exact) mass is 568 g/mol. The van der Waals surface area contributed by atoms with Gasteiger partial charge >= 0.3 is 0 Å². The van der Waals surface area contributed by atoms with Crippen LogP contribution >= 0.6 is 35.6 Å². The maximum atomic E-state index is 6.20. The molecule has 1 fully saturated rings. The fourth-order valence-electron chi connectivity index (χ4n) is 3.98. The number of ether oxygens (including phenoxy) is 1.